The number of nitrogens with one attached hydrogen (secondary N) is 1. The van der Waals surface area contributed by atoms with Crippen LogP contribution in [0.3, 0.4) is 0 Å². The average Bonchev–Trinajstić information content (AvgIpc) is 2.74. The van der Waals surface area contributed by atoms with E-state index >= 15 is 0 Å². The maximum absolute atomic E-state index is 13.2. The van der Waals surface area contributed by atoms with Gasteiger partial charge in [-0.1, -0.05) is 24.3 Å². The van der Waals surface area contributed by atoms with Crippen LogP contribution in [0.1, 0.15) is 23.6 Å². The third kappa shape index (κ3) is 4.03. The minimum Gasteiger partial charge on any atom is -0.479 e. The molecule has 0 radical (unpaired) electrons. The van der Waals surface area contributed by atoms with Gasteiger partial charge in [-0.25, -0.2) is 8.42 Å². The number of nitrogens with zero attached hydrogens (tertiary/aromatic N) is 2. The Morgan fingerprint density at radius 3 is 2.71 bits per heavy atom. The molecule has 0 saturated carbocycles. The van der Waals surface area contributed by atoms with Gasteiger partial charge in [-0.15, -0.1) is 0 Å². The Labute approximate surface area is 181 Å². The second-order valence-corrected chi connectivity index (χ2v) is 9.97. The van der Waals surface area contributed by atoms with Crippen LogP contribution in [-0.4, -0.2) is 55.7 Å². The molecule has 2 aliphatic rings. The molecule has 9 heteroatoms. The highest BCUT2D eigenvalue weighted by molar-refractivity contribution is 7.89. The van der Waals surface area contributed by atoms with Gasteiger partial charge in [-0.05, 0) is 43.0 Å². The Morgan fingerprint density at radius 1 is 1.26 bits per heavy atom. The summed E-state index contributed by atoms with van der Waals surface area (Å²) < 4.78 is 33.0. The van der Waals surface area contributed by atoms with Gasteiger partial charge in [0.25, 0.3) is 5.91 Å². The van der Waals surface area contributed by atoms with Crippen LogP contribution in [0.2, 0.25) is 0 Å². The lowest BCUT2D eigenvalue weighted by Gasteiger charge is -2.30. The van der Waals surface area contributed by atoms with Crippen molar-refractivity contribution < 1.29 is 22.7 Å². The molecule has 1 N–H and O–H groups in total. The van der Waals surface area contributed by atoms with Crippen molar-refractivity contribution in [2.45, 2.75) is 37.8 Å². The van der Waals surface area contributed by atoms with E-state index < -0.39 is 16.1 Å². The van der Waals surface area contributed by atoms with E-state index in [1.807, 2.05) is 18.2 Å². The van der Waals surface area contributed by atoms with Crippen LogP contribution in [0.25, 0.3) is 0 Å². The molecule has 4 rings (SSSR count). The average molecular weight is 444 g/mol. The summed E-state index contributed by atoms with van der Waals surface area (Å²) in [4.78, 5) is 26.4. The molecular formula is C22H25N3O5S. The normalized spacial score (nSPS) is 18.1. The summed E-state index contributed by atoms with van der Waals surface area (Å²) in [5.74, 6) is -0.231. The van der Waals surface area contributed by atoms with E-state index in [1.54, 1.807) is 24.8 Å². The molecule has 8 nitrogen and oxygen atoms in total. The van der Waals surface area contributed by atoms with Crippen molar-refractivity contribution in [2.24, 2.45) is 0 Å². The van der Waals surface area contributed by atoms with E-state index in [0.29, 0.717) is 30.1 Å². The van der Waals surface area contributed by atoms with Gasteiger partial charge in [0, 0.05) is 26.2 Å². The van der Waals surface area contributed by atoms with Crippen molar-refractivity contribution >= 4 is 27.5 Å². The number of amides is 2. The molecule has 1 atom stereocenters. The highest BCUT2D eigenvalue weighted by Gasteiger charge is 2.31. The van der Waals surface area contributed by atoms with Crippen LogP contribution in [0.5, 0.6) is 5.75 Å². The summed E-state index contributed by atoms with van der Waals surface area (Å²) in [6, 6.07) is 10.9. The monoisotopic (exact) mass is 443 g/mol. The molecule has 2 aliphatic heterocycles. The first-order valence-electron chi connectivity index (χ1n) is 10.1. The molecule has 31 heavy (non-hydrogen) atoms. The number of fused-ring (bicyclic) bond motifs is 2. The van der Waals surface area contributed by atoms with Gasteiger partial charge in [-0.3, -0.25) is 9.59 Å². The van der Waals surface area contributed by atoms with Crippen LogP contribution >= 0.6 is 0 Å². The molecule has 0 unspecified atom stereocenters. The topological polar surface area (TPSA) is 96.0 Å². The third-order valence-electron chi connectivity index (χ3n) is 5.74. The summed E-state index contributed by atoms with van der Waals surface area (Å²) in [5.41, 5.74) is 3.21. The smallest absolute Gasteiger partial charge is 0.265 e. The Morgan fingerprint density at radius 2 is 1.97 bits per heavy atom. The lowest BCUT2D eigenvalue weighted by Crippen LogP contribution is -2.43. The molecule has 0 aromatic heterocycles. The van der Waals surface area contributed by atoms with Gasteiger partial charge >= 0.3 is 0 Å². The van der Waals surface area contributed by atoms with Crippen molar-refractivity contribution in [1.82, 2.24) is 9.21 Å². The molecule has 2 heterocycles. The quantitative estimate of drug-likeness (QED) is 0.779. The maximum Gasteiger partial charge on any atom is 0.265 e. The van der Waals surface area contributed by atoms with Gasteiger partial charge in [0.2, 0.25) is 15.9 Å². The van der Waals surface area contributed by atoms with E-state index in [0.717, 1.165) is 16.3 Å². The van der Waals surface area contributed by atoms with Crippen LogP contribution in [-0.2, 0) is 32.6 Å². The molecule has 2 amide bonds. The fourth-order valence-corrected chi connectivity index (χ4v) is 5.21. The standard InChI is InChI=1S/C22H25N3O5S/c1-14-10-18-19(30-15(2)22(27)23-18)11-20(14)31(28,29)24(3)13-21(26)25-9-8-16-6-4-5-7-17(16)12-25/h4-7,10-11,15H,8-9,12-13H2,1-3H3,(H,23,27)/t15-/m1/s1. The number of ether oxygens (including phenoxy) is 1. The highest BCUT2D eigenvalue weighted by Crippen LogP contribution is 2.35. The van der Waals surface area contributed by atoms with Crippen molar-refractivity contribution in [3.05, 3.63) is 53.1 Å². The molecule has 2 aromatic carbocycles. The zero-order valence-electron chi connectivity index (χ0n) is 17.7. The number of sulfonamides is 1. The third-order valence-corrected chi connectivity index (χ3v) is 7.68. The zero-order valence-corrected chi connectivity index (χ0v) is 18.5. The number of carbonyl (C=O) groups is 2. The minimum atomic E-state index is -3.94. The first-order chi connectivity index (χ1) is 14.7. The summed E-state index contributed by atoms with van der Waals surface area (Å²) in [6.07, 6.45) is 0.0378. The second-order valence-electron chi connectivity index (χ2n) is 7.96. The molecule has 0 bridgehead atoms. The van der Waals surface area contributed by atoms with Crippen molar-refractivity contribution in [2.75, 3.05) is 25.5 Å². The van der Waals surface area contributed by atoms with Gasteiger partial charge in [0.15, 0.2) is 6.10 Å². The van der Waals surface area contributed by atoms with Crippen molar-refractivity contribution in [3.8, 4) is 5.75 Å². The Kier molecular flexibility index (Phi) is 5.49. The van der Waals surface area contributed by atoms with Crippen molar-refractivity contribution in [3.63, 3.8) is 0 Å². The zero-order chi connectivity index (χ0) is 22.3. The van der Waals surface area contributed by atoms with Gasteiger partial charge in [0.1, 0.15) is 5.75 Å². The predicted octanol–water partition coefficient (Wildman–Crippen LogP) is 1.92. The number of hydrogen-bond donors (Lipinski definition) is 1. The van der Waals surface area contributed by atoms with Gasteiger partial charge < -0.3 is 15.0 Å². The molecule has 2 aromatic rings. The largest absolute Gasteiger partial charge is 0.479 e. The van der Waals surface area contributed by atoms with E-state index in [1.165, 1.54) is 18.7 Å². The number of rotatable bonds is 4. The number of aryl methyl sites for hydroxylation is 1. The summed E-state index contributed by atoms with van der Waals surface area (Å²) >= 11 is 0. The fraction of sp³-hybridized carbons (Fsp3) is 0.364. The minimum absolute atomic E-state index is 0.0499. The van der Waals surface area contributed by atoms with Gasteiger partial charge in [0.05, 0.1) is 17.1 Å². The van der Waals surface area contributed by atoms with Crippen LogP contribution in [0.15, 0.2) is 41.3 Å². The summed E-state index contributed by atoms with van der Waals surface area (Å²) in [7, 11) is -2.54. The maximum atomic E-state index is 13.2. The molecule has 0 fully saturated rings. The number of anilines is 1. The van der Waals surface area contributed by atoms with Crippen molar-refractivity contribution in [1.29, 1.82) is 0 Å². The first kappa shape index (κ1) is 21.3. The van der Waals surface area contributed by atoms with E-state index in [4.69, 9.17) is 4.74 Å². The number of carbonyl (C=O) groups excluding carboxylic acids is 2. The number of hydrogen-bond acceptors (Lipinski definition) is 5. The van der Waals surface area contributed by atoms with E-state index in [2.05, 4.69) is 11.4 Å². The first-order valence-corrected chi connectivity index (χ1v) is 11.5. The second kappa shape index (κ2) is 7.97. The molecule has 0 aliphatic carbocycles. The summed E-state index contributed by atoms with van der Waals surface area (Å²) in [5, 5.41) is 2.71. The Hall–Kier alpha value is -2.91. The predicted molar refractivity (Wildman–Crippen MR) is 115 cm³/mol. The Balaban J connectivity index is 1.52. The van der Waals surface area contributed by atoms with Crippen LogP contribution in [0.4, 0.5) is 5.69 Å². The highest BCUT2D eigenvalue weighted by atomic mass is 32.2. The lowest BCUT2D eigenvalue weighted by atomic mass is 10.00. The summed E-state index contributed by atoms with van der Waals surface area (Å²) in [6.45, 7) is 4.02. The molecular weight excluding hydrogens is 418 g/mol. The molecule has 0 spiro atoms. The lowest BCUT2D eigenvalue weighted by molar-refractivity contribution is -0.132. The van der Waals surface area contributed by atoms with E-state index in [9.17, 15) is 18.0 Å². The van der Waals surface area contributed by atoms with Gasteiger partial charge in [-0.2, -0.15) is 4.31 Å². The number of benzene rings is 2. The Bertz CT molecular complexity index is 1160. The van der Waals surface area contributed by atoms with E-state index in [-0.39, 0.29) is 23.3 Å². The number of likely N-dealkylation sites (N-methyl/N-ethyl adjacent to an activating group) is 1. The van der Waals surface area contributed by atoms with Crippen LogP contribution in [0, 0.1) is 6.92 Å². The molecule has 164 valence electrons. The SMILES string of the molecule is Cc1cc2c(cc1S(=O)(=O)N(C)CC(=O)N1CCc3ccccc3C1)O[C@H](C)C(=O)N2. The van der Waals surface area contributed by atoms with Crippen LogP contribution < -0.4 is 10.1 Å². The molecule has 0 saturated heterocycles. The fourth-order valence-electron chi connectivity index (χ4n) is 3.87.